The van der Waals surface area contributed by atoms with E-state index >= 15 is 0 Å². The molecule has 0 spiro atoms. The zero-order valence-corrected chi connectivity index (χ0v) is 16.3. The SMILES string of the molecule is CC1(C)O[C@H]2[C@@H](O[Si](C)(C)C(C)(C)C)C[C@H]3O[C@H]3CC(=O)[C@H]2O1. The number of carbonyl (C=O) groups excluding carboxylic acids is 1. The van der Waals surface area contributed by atoms with Gasteiger partial charge < -0.3 is 18.6 Å². The van der Waals surface area contributed by atoms with E-state index in [9.17, 15) is 4.79 Å². The standard InChI is InChI=1S/C17H30O5Si/c1-16(2,3)23(6,7)22-13-9-12-11(19-12)8-10(18)14-15(13)21-17(4,5)20-14/h11-15H,8-9H2,1-7H3/t11-,12+,13-,14+,15-/m0/s1. The van der Waals surface area contributed by atoms with Gasteiger partial charge in [0.1, 0.15) is 12.2 Å². The summed E-state index contributed by atoms with van der Waals surface area (Å²) in [6.45, 7) is 14.9. The Balaban J connectivity index is 1.85. The zero-order chi connectivity index (χ0) is 17.2. The fraction of sp³-hybridized carbons (Fsp3) is 0.941. The van der Waals surface area contributed by atoms with E-state index in [1.165, 1.54) is 0 Å². The molecule has 3 aliphatic rings. The Hall–Kier alpha value is -0.273. The first kappa shape index (κ1) is 17.5. The average molecular weight is 343 g/mol. The Morgan fingerprint density at radius 1 is 1.17 bits per heavy atom. The first-order valence-corrected chi connectivity index (χ1v) is 11.5. The molecule has 0 aromatic rings. The van der Waals surface area contributed by atoms with E-state index in [1.54, 1.807) is 0 Å². The summed E-state index contributed by atoms with van der Waals surface area (Å²) in [5, 5.41) is 0.105. The van der Waals surface area contributed by atoms with E-state index < -0.39 is 20.2 Å². The highest BCUT2D eigenvalue weighted by atomic mass is 28.4. The van der Waals surface area contributed by atoms with Crippen molar-refractivity contribution in [2.24, 2.45) is 0 Å². The van der Waals surface area contributed by atoms with Crippen molar-refractivity contribution in [3.63, 3.8) is 0 Å². The number of Topliss-reactive ketones (excluding diaryl/α,β-unsaturated/α-hetero) is 1. The minimum Gasteiger partial charge on any atom is -0.411 e. The highest BCUT2D eigenvalue weighted by Gasteiger charge is 2.56. The predicted molar refractivity (Wildman–Crippen MR) is 88.8 cm³/mol. The van der Waals surface area contributed by atoms with Gasteiger partial charge in [0.15, 0.2) is 19.9 Å². The molecule has 0 aromatic heterocycles. The number of hydrogen-bond acceptors (Lipinski definition) is 5. The molecule has 0 radical (unpaired) electrons. The summed E-state index contributed by atoms with van der Waals surface area (Å²) in [4.78, 5) is 12.6. The van der Waals surface area contributed by atoms with Gasteiger partial charge in [0.25, 0.3) is 0 Å². The first-order chi connectivity index (χ1) is 10.4. The Labute approximate surface area is 140 Å². The lowest BCUT2D eigenvalue weighted by molar-refractivity contribution is -0.159. The lowest BCUT2D eigenvalue weighted by Gasteiger charge is -2.41. The van der Waals surface area contributed by atoms with Crippen LogP contribution in [-0.4, -0.2) is 50.4 Å². The van der Waals surface area contributed by atoms with Crippen LogP contribution in [0.1, 0.15) is 47.5 Å². The van der Waals surface area contributed by atoms with Crippen LogP contribution in [0.5, 0.6) is 0 Å². The highest BCUT2D eigenvalue weighted by molar-refractivity contribution is 6.74. The van der Waals surface area contributed by atoms with Crippen LogP contribution >= 0.6 is 0 Å². The molecule has 0 amide bonds. The molecule has 2 heterocycles. The van der Waals surface area contributed by atoms with Crippen molar-refractivity contribution in [1.82, 2.24) is 0 Å². The molecule has 3 fully saturated rings. The predicted octanol–water partition coefficient (Wildman–Crippen LogP) is 3.03. The summed E-state index contributed by atoms with van der Waals surface area (Å²) in [6, 6.07) is 0. The van der Waals surface area contributed by atoms with Crippen molar-refractivity contribution in [3.8, 4) is 0 Å². The van der Waals surface area contributed by atoms with Gasteiger partial charge in [-0.1, -0.05) is 20.8 Å². The van der Waals surface area contributed by atoms with Crippen LogP contribution in [0.2, 0.25) is 18.1 Å². The molecular formula is C17H30O5Si. The van der Waals surface area contributed by atoms with Gasteiger partial charge in [-0.05, 0) is 32.0 Å². The third-order valence-electron chi connectivity index (χ3n) is 5.62. The number of hydrogen-bond donors (Lipinski definition) is 0. The minimum absolute atomic E-state index is 0.0428. The molecule has 1 aliphatic carbocycles. The molecule has 0 aromatic carbocycles. The second-order valence-corrected chi connectivity index (χ2v) is 13.8. The number of carbonyl (C=O) groups is 1. The monoisotopic (exact) mass is 342 g/mol. The topological polar surface area (TPSA) is 57.3 Å². The molecule has 0 unspecified atom stereocenters. The van der Waals surface area contributed by atoms with Crippen molar-refractivity contribution in [1.29, 1.82) is 0 Å². The van der Waals surface area contributed by atoms with Gasteiger partial charge in [-0.3, -0.25) is 4.79 Å². The molecule has 5 nitrogen and oxygen atoms in total. The van der Waals surface area contributed by atoms with E-state index in [4.69, 9.17) is 18.6 Å². The Morgan fingerprint density at radius 3 is 2.43 bits per heavy atom. The number of ether oxygens (including phenoxy) is 3. The third-order valence-corrected chi connectivity index (χ3v) is 10.1. The number of epoxide rings is 1. The Morgan fingerprint density at radius 2 is 1.83 bits per heavy atom. The van der Waals surface area contributed by atoms with Gasteiger partial charge in [-0.25, -0.2) is 0 Å². The lowest BCUT2D eigenvalue weighted by Crippen LogP contribution is -2.51. The number of rotatable bonds is 2. The third kappa shape index (κ3) is 3.42. The Bertz CT molecular complexity index is 496. The van der Waals surface area contributed by atoms with Crippen LogP contribution in [0.4, 0.5) is 0 Å². The van der Waals surface area contributed by atoms with Gasteiger partial charge in [0, 0.05) is 12.8 Å². The molecule has 0 bridgehead atoms. The van der Waals surface area contributed by atoms with Crippen molar-refractivity contribution in [2.45, 2.75) is 102 Å². The largest absolute Gasteiger partial charge is 0.411 e. The second kappa shape index (κ2) is 5.36. The van der Waals surface area contributed by atoms with Crippen molar-refractivity contribution in [2.75, 3.05) is 0 Å². The molecule has 2 saturated heterocycles. The number of fused-ring (bicyclic) bond motifs is 2. The molecule has 0 N–H and O–H groups in total. The maximum Gasteiger partial charge on any atom is 0.192 e. The maximum atomic E-state index is 12.6. The summed E-state index contributed by atoms with van der Waals surface area (Å²) in [5.41, 5.74) is 0. The van der Waals surface area contributed by atoms with Gasteiger partial charge in [0.2, 0.25) is 0 Å². The Kier molecular flexibility index (Phi) is 4.09. The fourth-order valence-corrected chi connectivity index (χ4v) is 4.56. The van der Waals surface area contributed by atoms with E-state index in [1.807, 2.05) is 13.8 Å². The second-order valence-electron chi connectivity index (χ2n) is 9.06. The minimum atomic E-state index is -1.97. The molecular weight excluding hydrogens is 312 g/mol. The van der Waals surface area contributed by atoms with Gasteiger partial charge in [-0.2, -0.15) is 0 Å². The zero-order valence-electron chi connectivity index (χ0n) is 15.3. The van der Waals surface area contributed by atoms with E-state index in [2.05, 4.69) is 33.9 Å². The molecule has 132 valence electrons. The van der Waals surface area contributed by atoms with Crippen molar-refractivity contribution < 1.29 is 23.4 Å². The summed E-state index contributed by atoms with van der Waals surface area (Å²) in [6.07, 6.45) is 0.357. The quantitative estimate of drug-likeness (QED) is 0.570. The van der Waals surface area contributed by atoms with Crippen LogP contribution < -0.4 is 0 Å². The van der Waals surface area contributed by atoms with E-state index in [-0.39, 0.29) is 35.2 Å². The van der Waals surface area contributed by atoms with Gasteiger partial charge in [0.05, 0.1) is 18.3 Å². The molecule has 2 aliphatic heterocycles. The normalized spacial score (nSPS) is 40.1. The van der Waals surface area contributed by atoms with Crippen LogP contribution in [-0.2, 0) is 23.4 Å². The van der Waals surface area contributed by atoms with Crippen LogP contribution in [0, 0.1) is 0 Å². The fourth-order valence-electron chi connectivity index (χ4n) is 3.22. The number of ketones is 1. The maximum absolute atomic E-state index is 12.6. The van der Waals surface area contributed by atoms with Crippen molar-refractivity contribution >= 4 is 14.1 Å². The smallest absolute Gasteiger partial charge is 0.192 e. The lowest BCUT2D eigenvalue weighted by atomic mass is 9.93. The summed E-state index contributed by atoms with van der Waals surface area (Å²) >= 11 is 0. The van der Waals surface area contributed by atoms with Crippen LogP contribution in [0.3, 0.4) is 0 Å². The molecule has 5 atom stereocenters. The molecule has 23 heavy (non-hydrogen) atoms. The highest BCUT2D eigenvalue weighted by Crippen LogP contribution is 2.44. The molecule has 1 saturated carbocycles. The summed E-state index contributed by atoms with van der Waals surface area (Å²) in [5.74, 6) is -0.660. The van der Waals surface area contributed by atoms with Gasteiger partial charge in [-0.15, -0.1) is 0 Å². The van der Waals surface area contributed by atoms with Crippen LogP contribution in [0.25, 0.3) is 0 Å². The summed E-state index contributed by atoms with van der Waals surface area (Å²) in [7, 11) is -1.97. The van der Waals surface area contributed by atoms with Gasteiger partial charge >= 0.3 is 0 Å². The van der Waals surface area contributed by atoms with E-state index in [0.717, 1.165) is 6.42 Å². The van der Waals surface area contributed by atoms with Crippen molar-refractivity contribution in [3.05, 3.63) is 0 Å². The molecule has 3 rings (SSSR count). The van der Waals surface area contributed by atoms with E-state index in [0.29, 0.717) is 6.42 Å². The molecule has 6 heteroatoms. The van der Waals surface area contributed by atoms with Crippen LogP contribution in [0.15, 0.2) is 0 Å². The summed E-state index contributed by atoms with van der Waals surface area (Å²) < 4.78 is 24.3. The average Bonchev–Trinajstić information content (AvgIpc) is 2.97. The first-order valence-electron chi connectivity index (χ1n) is 8.61.